The molecule has 3 aromatic rings. The van der Waals surface area contributed by atoms with Gasteiger partial charge in [-0.3, -0.25) is 4.79 Å². The highest BCUT2D eigenvalue weighted by Gasteiger charge is 2.44. The molecular weight excluding hydrogens is 469 g/mol. The van der Waals surface area contributed by atoms with E-state index in [1.807, 2.05) is 0 Å². The van der Waals surface area contributed by atoms with Crippen molar-refractivity contribution in [3.63, 3.8) is 0 Å². The van der Waals surface area contributed by atoms with E-state index < -0.39 is 29.8 Å². The lowest BCUT2D eigenvalue weighted by Crippen LogP contribution is -2.53. The smallest absolute Gasteiger partial charge is 0.340 e. The monoisotopic (exact) mass is 485 g/mol. The Hall–Kier alpha value is -3.18. The lowest BCUT2D eigenvalue weighted by atomic mass is 10.1. The summed E-state index contributed by atoms with van der Waals surface area (Å²) in [5, 5.41) is 2.99. The first-order valence-corrected chi connectivity index (χ1v) is 10.1. The standard InChI is InChI=1S/C21H17ClF5N5O/c22-14-6-5-13(9-15(14)24)29-19-17(11-1-3-12(23)4-2-11)30-16-10-31(7-8-32(16)19)20(33)18(28)21(25,26)27/h1-6,9,18,29H,7-8,10,28H2. The van der Waals surface area contributed by atoms with E-state index in [9.17, 15) is 26.7 Å². The third kappa shape index (κ3) is 4.64. The minimum atomic E-state index is -4.87. The Bertz CT molecular complexity index is 1190. The van der Waals surface area contributed by atoms with Crippen molar-refractivity contribution in [1.29, 1.82) is 0 Å². The summed E-state index contributed by atoms with van der Waals surface area (Å²) >= 11 is 5.74. The second-order valence-electron chi connectivity index (χ2n) is 7.42. The molecule has 33 heavy (non-hydrogen) atoms. The molecule has 12 heteroatoms. The van der Waals surface area contributed by atoms with E-state index in [1.165, 1.54) is 36.4 Å². The summed E-state index contributed by atoms with van der Waals surface area (Å²) in [6.45, 7) is -0.149. The van der Waals surface area contributed by atoms with Crippen LogP contribution in [-0.4, -0.2) is 39.1 Å². The van der Waals surface area contributed by atoms with Crippen molar-refractivity contribution in [2.75, 3.05) is 11.9 Å². The van der Waals surface area contributed by atoms with Crippen molar-refractivity contribution >= 4 is 29.0 Å². The van der Waals surface area contributed by atoms with Crippen LogP contribution >= 0.6 is 11.6 Å². The predicted molar refractivity (Wildman–Crippen MR) is 112 cm³/mol. The second-order valence-corrected chi connectivity index (χ2v) is 7.82. The molecule has 0 bridgehead atoms. The first-order valence-electron chi connectivity index (χ1n) is 9.73. The predicted octanol–water partition coefficient (Wildman–Crippen LogP) is 4.46. The Morgan fingerprint density at radius 1 is 1.12 bits per heavy atom. The molecule has 1 aliphatic heterocycles. The largest absolute Gasteiger partial charge is 0.412 e. The third-order valence-electron chi connectivity index (χ3n) is 5.20. The van der Waals surface area contributed by atoms with Crippen LogP contribution in [0.25, 0.3) is 11.3 Å². The summed E-state index contributed by atoms with van der Waals surface area (Å²) in [4.78, 5) is 17.7. The summed E-state index contributed by atoms with van der Waals surface area (Å²) in [6.07, 6.45) is -4.87. The number of imidazole rings is 1. The number of nitrogens with two attached hydrogens (primary N) is 1. The molecule has 0 aliphatic carbocycles. The summed E-state index contributed by atoms with van der Waals surface area (Å²) in [6, 6.07) is 6.89. The van der Waals surface area contributed by atoms with Gasteiger partial charge in [-0.15, -0.1) is 0 Å². The first kappa shape index (κ1) is 23.0. The topological polar surface area (TPSA) is 76.2 Å². The lowest BCUT2D eigenvalue weighted by Gasteiger charge is -2.31. The third-order valence-corrected chi connectivity index (χ3v) is 5.51. The molecule has 1 aromatic heterocycles. The Labute approximate surface area is 189 Å². The Morgan fingerprint density at radius 2 is 1.82 bits per heavy atom. The fourth-order valence-electron chi connectivity index (χ4n) is 3.50. The maximum Gasteiger partial charge on any atom is 0.412 e. The van der Waals surface area contributed by atoms with Crippen LogP contribution in [0.4, 0.5) is 33.5 Å². The highest BCUT2D eigenvalue weighted by molar-refractivity contribution is 6.30. The average molecular weight is 486 g/mol. The van der Waals surface area contributed by atoms with E-state index in [2.05, 4.69) is 10.3 Å². The first-order chi connectivity index (χ1) is 15.5. The molecule has 3 N–H and O–H groups in total. The van der Waals surface area contributed by atoms with Gasteiger partial charge in [0.05, 0.1) is 11.6 Å². The van der Waals surface area contributed by atoms with Crippen LogP contribution in [0.5, 0.6) is 0 Å². The van der Waals surface area contributed by atoms with E-state index in [-0.39, 0.29) is 24.7 Å². The van der Waals surface area contributed by atoms with Gasteiger partial charge in [-0.05, 0) is 42.5 Å². The molecular formula is C21H17ClF5N5O. The SMILES string of the molecule is NC(C(=O)N1CCn2c(nc(-c3ccc(F)cc3)c2Nc2ccc(Cl)c(F)c2)C1)C(F)(F)F. The van der Waals surface area contributed by atoms with E-state index in [0.717, 1.165) is 4.90 Å². The highest BCUT2D eigenvalue weighted by Crippen LogP contribution is 2.34. The van der Waals surface area contributed by atoms with Gasteiger partial charge in [-0.25, -0.2) is 13.8 Å². The van der Waals surface area contributed by atoms with Crippen molar-refractivity contribution in [3.8, 4) is 11.3 Å². The van der Waals surface area contributed by atoms with Crippen LogP contribution in [0.3, 0.4) is 0 Å². The number of aromatic nitrogens is 2. The Morgan fingerprint density at radius 3 is 2.45 bits per heavy atom. The number of rotatable bonds is 4. The number of alkyl halides is 3. The van der Waals surface area contributed by atoms with Crippen LogP contribution < -0.4 is 11.1 Å². The zero-order chi connectivity index (χ0) is 23.9. The Kier molecular flexibility index (Phi) is 6.02. The molecule has 2 heterocycles. The average Bonchev–Trinajstić information content (AvgIpc) is 3.12. The van der Waals surface area contributed by atoms with Crippen molar-refractivity contribution in [3.05, 3.63) is 64.9 Å². The molecule has 1 unspecified atom stereocenters. The van der Waals surface area contributed by atoms with Gasteiger partial charge in [0.2, 0.25) is 5.91 Å². The van der Waals surface area contributed by atoms with Gasteiger partial charge >= 0.3 is 6.18 Å². The van der Waals surface area contributed by atoms with Gasteiger partial charge in [-0.2, -0.15) is 13.2 Å². The molecule has 1 amide bonds. The minimum Gasteiger partial charge on any atom is -0.340 e. The van der Waals surface area contributed by atoms with Gasteiger partial charge in [0, 0.05) is 24.3 Å². The van der Waals surface area contributed by atoms with Gasteiger partial charge in [0.25, 0.3) is 0 Å². The van der Waals surface area contributed by atoms with Crippen LogP contribution in [0, 0.1) is 11.6 Å². The molecule has 1 atom stereocenters. The molecule has 1 aliphatic rings. The van der Waals surface area contributed by atoms with E-state index >= 15 is 0 Å². The van der Waals surface area contributed by atoms with Gasteiger partial charge in [-0.1, -0.05) is 11.6 Å². The maximum absolute atomic E-state index is 13.9. The second kappa shape index (κ2) is 8.64. The summed E-state index contributed by atoms with van der Waals surface area (Å²) in [5.41, 5.74) is 6.29. The molecule has 0 saturated heterocycles. The van der Waals surface area contributed by atoms with Crippen LogP contribution in [0.1, 0.15) is 5.82 Å². The molecule has 4 rings (SSSR count). The highest BCUT2D eigenvalue weighted by atomic mass is 35.5. The van der Waals surface area contributed by atoms with Crippen molar-refractivity contribution in [2.45, 2.75) is 25.3 Å². The maximum atomic E-state index is 13.9. The number of anilines is 2. The number of fused-ring (bicyclic) bond motifs is 1. The molecule has 0 spiro atoms. The van der Waals surface area contributed by atoms with Crippen LogP contribution in [0.15, 0.2) is 42.5 Å². The summed E-state index contributed by atoms with van der Waals surface area (Å²) in [5.74, 6) is -1.67. The van der Waals surface area contributed by atoms with Crippen molar-refractivity contribution in [1.82, 2.24) is 14.5 Å². The number of carbonyl (C=O) groups is 1. The van der Waals surface area contributed by atoms with Crippen molar-refractivity contribution < 1.29 is 26.7 Å². The molecule has 0 radical (unpaired) electrons. The number of hydrogen-bond acceptors (Lipinski definition) is 4. The number of hydrogen-bond donors (Lipinski definition) is 2. The number of nitrogens with one attached hydrogen (secondary N) is 1. The Balaban J connectivity index is 1.72. The number of benzene rings is 2. The molecule has 0 saturated carbocycles. The zero-order valence-corrected chi connectivity index (χ0v) is 17.6. The minimum absolute atomic E-state index is 0.0432. The van der Waals surface area contributed by atoms with Crippen LogP contribution in [0.2, 0.25) is 5.02 Å². The fraction of sp³-hybridized carbons (Fsp3) is 0.238. The fourth-order valence-corrected chi connectivity index (χ4v) is 3.62. The number of amides is 1. The quantitative estimate of drug-likeness (QED) is 0.535. The van der Waals surface area contributed by atoms with Gasteiger partial charge in [0.1, 0.15) is 29.0 Å². The molecule has 6 nitrogen and oxygen atoms in total. The van der Waals surface area contributed by atoms with Crippen molar-refractivity contribution in [2.24, 2.45) is 5.73 Å². The number of halogens is 6. The summed E-state index contributed by atoms with van der Waals surface area (Å²) < 4.78 is 67.8. The van der Waals surface area contributed by atoms with E-state index in [0.29, 0.717) is 28.6 Å². The van der Waals surface area contributed by atoms with E-state index in [4.69, 9.17) is 17.3 Å². The number of carbonyl (C=O) groups excluding carboxylic acids is 1. The summed E-state index contributed by atoms with van der Waals surface area (Å²) in [7, 11) is 0. The molecule has 174 valence electrons. The van der Waals surface area contributed by atoms with Gasteiger partial charge in [0.15, 0.2) is 6.04 Å². The number of nitrogens with zero attached hydrogens (tertiary/aromatic N) is 3. The normalized spacial score (nSPS) is 14.7. The molecule has 2 aromatic carbocycles. The van der Waals surface area contributed by atoms with Crippen LogP contribution in [-0.2, 0) is 17.9 Å². The lowest BCUT2D eigenvalue weighted by molar-refractivity contribution is -0.171. The molecule has 0 fully saturated rings. The zero-order valence-electron chi connectivity index (χ0n) is 16.8. The van der Waals surface area contributed by atoms with E-state index in [1.54, 1.807) is 10.6 Å². The van der Waals surface area contributed by atoms with Gasteiger partial charge < -0.3 is 20.5 Å².